The molecule has 0 fully saturated rings. The minimum absolute atomic E-state index is 0.158. The van der Waals surface area contributed by atoms with Gasteiger partial charge in [-0.15, -0.1) is 0 Å². The normalized spacial score (nSPS) is 10.5. The zero-order valence-electron chi connectivity index (χ0n) is 15.2. The highest BCUT2D eigenvalue weighted by Crippen LogP contribution is 2.24. The number of methoxy groups -OCH3 is 1. The van der Waals surface area contributed by atoms with Crippen molar-refractivity contribution in [3.8, 4) is 17.4 Å². The smallest absolute Gasteiger partial charge is 0.257 e. The Morgan fingerprint density at radius 2 is 1.88 bits per heavy atom. The number of carbonyl (C=O) groups is 1. The topological polar surface area (TPSA) is 65.4 Å². The van der Waals surface area contributed by atoms with E-state index >= 15 is 0 Å². The van der Waals surface area contributed by atoms with Gasteiger partial charge in [0.2, 0.25) is 5.88 Å². The van der Waals surface area contributed by atoms with E-state index in [9.17, 15) is 4.79 Å². The van der Waals surface area contributed by atoms with Crippen LogP contribution in [0.4, 0.5) is 5.69 Å². The Kier molecular flexibility index (Phi) is 4.93. The molecule has 0 aliphatic rings. The van der Waals surface area contributed by atoms with E-state index in [4.69, 9.17) is 9.47 Å². The van der Waals surface area contributed by atoms with Crippen LogP contribution in [0.25, 0.3) is 0 Å². The van der Waals surface area contributed by atoms with Crippen LogP contribution in [0.2, 0.25) is 0 Å². The predicted molar refractivity (Wildman–Crippen MR) is 100 cm³/mol. The lowest BCUT2D eigenvalue weighted by atomic mass is 10.2. The van der Waals surface area contributed by atoms with Gasteiger partial charge in [-0.05, 0) is 38.1 Å². The van der Waals surface area contributed by atoms with Crippen LogP contribution < -0.4 is 14.8 Å². The summed E-state index contributed by atoms with van der Waals surface area (Å²) >= 11 is 0. The summed E-state index contributed by atoms with van der Waals surface area (Å²) in [6.07, 6.45) is 1.57. The number of hydrogen-bond acceptors (Lipinski definition) is 4. The quantitative estimate of drug-likeness (QED) is 0.752. The average molecular weight is 351 g/mol. The molecule has 3 rings (SSSR count). The first-order valence-electron chi connectivity index (χ1n) is 8.20. The number of benzene rings is 1. The van der Waals surface area contributed by atoms with Gasteiger partial charge in [-0.3, -0.25) is 4.79 Å². The van der Waals surface area contributed by atoms with Gasteiger partial charge < -0.3 is 19.4 Å². The van der Waals surface area contributed by atoms with Gasteiger partial charge >= 0.3 is 0 Å². The van der Waals surface area contributed by atoms with E-state index in [1.807, 2.05) is 49.7 Å². The summed E-state index contributed by atoms with van der Waals surface area (Å²) in [7, 11) is 3.54. The van der Waals surface area contributed by atoms with Gasteiger partial charge in [0.05, 0.1) is 24.6 Å². The highest BCUT2D eigenvalue weighted by atomic mass is 16.5. The summed E-state index contributed by atoms with van der Waals surface area (Å²) in [6.45, 7) is 3.89. The molecule has 0 aliphatic carbocycles. The van der Waals surface area contributed by atoms with Crippen molar-refractivity contribution in [2.75, 3.05) is 12.4 Å². The molecule has 0 radical (unpaired) electrons. The standard InChI is InChI=1S/C20H21N3O3/c1-13-10-18(14(2)23(13)3)20(24)22-15-8-9-19(21-12-15)26-17-7-5-6-16(11-17)25-4/h5-12H,1-4H3,(H,22,24). The third-order valence-electron chi connectivity index (χ3n) is 4.28. The minimum Gasteiger partial charge on any atom is -0.497 e. The fraction of sp³-hybridized carbons (Fsp3) is 0.200. The average Bonchev–Trinajstić information content (AvgIpc) is 2.91. The Morgan fingerprint density at radius 3 is 2.50 bits per heavy atom. The first kappa shape index (κ1) is 17.5. The molecule has 6 heteroatoms. The Morgan fingerprint density at radius 1 is 1.12 bits per heavy atom. The van der Waals surface area contributed by atoms with Gasteiger partial charge in [0.1, 0.15) is 11.5 Å². The van der Waals surface area contributed by atoms with E-state index < -0.39 is 0 Å². The fourth-order valence-corrected chi connectivity index (χ4v) is 2.58. The highest BCUT2D eigenvalue weighted by molar-refractivity contribution is 6.05. The summed E-state index contributed by atoms with van der Waals surface area (Å²) in [5, 5.41) is 2.86. The van der Waals surface area contributed by atoms with Crippen molar-refractivity contribution in [3.05, 3.63) is 65.6 Å². The molecule has 0 saturated carbocycles. The molecule has 26 heavy (non-hydrogen) atoms. The number of carbonyl (C=O) groups excluding carboxylic acids is 1. The van der Waals surface area contributed by atoms with Crippen molar-refractivity contribution in [1.29, 1.82) is 0 Å². The molecule has 1 N–H and O–H groups in total. The number of amides is 1. The number of aromatic nitrogens is 2. The number of hydrogen-bond donors (Lipinski definition) is 1. The molecule has 0 atom stereocenters. The Hall–Kier alpha value is -3.28. The number of anilines is 1. The van der Waals surface area contributed by atoms with Gasteiger partial charge in [-0.1, -0.05) is 6.07 Å². The third kappa shape index (κ3) is 3.69. The molecule has 0 spiro atoms. The minimum atomic E-state index is -0.158. The number of rotatable bonds is 5. The molecule has 3 aromatic rings. The van der Waals surface area contributed by atoms with Gasteiger partial charge in [0.25, 0.3) is 5.91 Å². The van der Waals surface area contributed by atoms with Crippen LogP contribution in [0.1, 0.15) is 21.7 Å². The van der Waals surface area contributed by atoms with Crippen molar-refractivity contribution < 1.29 is 14.3 Å². The van der Waals surface area contributed by atoms with E-state index in [-0.39, 0.29) is 5.91 Å². The van der Waals surface area contributed by atoms with Crippen molar-refractivity contribution in [1.82, 2.24) is 9.55 Å². The van der Waals surface area contributed by atoms with E-state index in [0.29, 0.717) is 28.6 Å². The number of nitrogens with zero attached hydrogens (tertiary/aromatic N) is 2. The Balaban J connectivity index is 1.69. The van der Waals surface area contributed by atoms with Crippen LogP contribution in [-0.4, -0.2) is 22.6 Å². The number of nitrogens with one attached hydrogen (secondary N) is 1. The molecule has 1 aromatic carbocycles. The second-order valence-corrected chi connectivity index (χ2v) is 5.96. The van der Waals surface area contributed by atoms with E-state index in [1.165, 1.54) is 0 Å². The van der Waals surface area contributed by atoms with Crippen molar-refractivity contribution in [3.63, 3.8) is 0 Å². The van der Waals surface area contributed by atoms with Crippen LogP contribution in [-0.2, 0) is 7.05 Å². The van der Waals surface area contributed by atoms with Gasteiger partial charge in [0.15, 0.2) is 0 Å². The van der Waals surface area contributed by atoms with E-state index in [2.05, 4.69) is 10.3 Å². The highest BCUT2D eigenvalue weighted by Gasteiger charge is 2.14. The first-order chi connectivity index (χ1) is 12.5. The van der Waals surface area contributed by atoms with Gasteiger partial charge in [-0.25, -0.2) is 4.98 Å². The number of aryl methyl sites for hydroxylation is 1. The summed E-state index contributed by atoms with van der Waals surface area (Å²) in [5.41, 5.74) is 3.22. The van der Waals surface area contributed by atoms with E-state index in [1.54, 1.807) is 31.5 Å². The lowest BCUT2D eigenvalue weighted by Crippen LogP contribution is -2.13. The van der Waals surface area contributed by atoms with Crippen LogP contribution in [0.15, 0.2) is 48.7 Å². The van der Waals surface area contributed by atoms with Crippen LogP contribution in [0.3, 0.4) is 0 Å². The molecule has 0 bridgehead atoms. The molecular formula is C20H21N3O3. The molecule has 0 aliphatic heterocycles. The SMILES string of the molecule is COc1cccc(Oc2ccc(NC(=O)c3cc(C)n(C)c3C)cn2)c1. The van der Waals surface area contributed by atoms with Gasteiger partial charge in [0, 0.05) is 30.6 Å². The molecule has 0 unspecified atom stereocenters. The molecular weight excluding hydrogens is 330 g/mol. The van der Waals surface area contributed by atoms with Crippen LogP contribution >= 0.6 is 0 Å². The molecule has 2 heterocycles. The van der Waals surface area contributed by atoms with Crippen LogP contribution in [0, 0.1) is 13.8 Å². The maximum Gasteiger partial charge on any atom is 0.257 e. The van der Waals surface area contributed by atoms with Crippen molar-refractivity contribution >= 4 is 11.6 Å². The summed E-state index contributed by atoms with van der Waals surface area (Å²) < 4.78 is 12.8. The summed E-state index contributed by atoms with van der Waals surface area (Å²) in [6, 6.07) is 12.6. The molecule has 2 aromatic heterocycles. The number of ether oxygens (including phenoxy) is 2. The summed E-state index contributed by atoms with van der Waals surface area (Å²) in [5.74, 6) is 1.61. The zero-order chi connectivity index (χ0) is 18.7. The monoisotopic (exact) mass is 351 g/mol. The maximum atomic E-state index is 12.4. The second-order valence-electron chi connectivity index (χ2n) is 5.96. The van der Waals surface area contributed by atoms with E-state index in [0.717, 1.165) is 11.4 Å². The first-order valence-corrected chi connectivity index (χ1v) is 8.20. The maximum absolute atomic E-state index is 12.4. The molecule has 0 saturated heterocycles. The van der Waals surface area contributed by atoms with Crippen molar-refractivity contribution in [2.24, 2.45) is 7.05 Å². The Bertz CT molecular complexity index is 930. The largest absolute Gasteiger partial charge is 0.497 e. The second kappa shape index (κ2) is 7.31. The molecule has 6 nitrogen and oxygen atoms in total. The third-order valence-corrected chi connectivity index (χ3v) is 4.28. The summed E-state index contributed by atoms with van der Waals surface area (Å²) in [4.78, 5) is 16.7. The van der Waals surface area contributed by atoms with Crippen molar-refractivity contribution in [2.45, 2.75) is 13.8 Å². The molecule has 134 valence electrons. The fourth-order valence-electron chi connectivity index (χ4n) is 2.58. The number of pyridine rings is 1. The Labute approximate surface area is 152 Å². The predicted octanol–water partition coefficient (Wildman–Crippen LogP) is 4.09. The van der Waals surface area contributed by atoms with Crippen LogP contribution in [0.5, 0.6) is 17.4 Å². The van der Waals surface area contributed by atoms with Gasteiger partial charge in [-0.2, -0.15) is 0 Å². The molecule has 1 amide bonds. The zero-order valence-corrected chi connectivity index (χ0v) is 15.2. The lowest BCUT2D eigenvalue weighted by molar-refractivity contribution is 0.102. The lowest BCUT2D eigenvalue weighted by Gasteiger charge is -2.08.